The van der Waals surface area contributed by atoms with Crippen molar-refractivity contribution >= 4 is 5.91 Å². The van der Waals surface area contributed by atoms with Crippen LogP contribution < -0.4 is 16.6 Å². The molecule has 1 fully saturated rings. The number of nitrogens with one attached hydrogen (secondary N) is 2. The van der Waals surface area contributed by atoms with Crippen LogP contribution in [0.15, 0.2) is 15.8 Å². The minimum atomic E-state index is -1.81. The molecule has 0 bridgehead atoms. The molecule has 1 saturated heterocycles. The van der Waals surface area contributed by atoms with E-state index in [1.165, 1.54) is 0 Å². The summed E-state index contributed by atoms with van der Waals surface area (Å²) in [7, 11) is 0. The number of carbonyl (C=O) groups excluding carboxylic acids is 1. The number of aliphatic hydroxyl groups excluding tert-OH is 3. The summed E-state index contributed by atoms with van der Waals surface area (Å²) in [5, 5.41) is 32.9. The zero-order valence-electron chi connectivity index (χ0n) is 15.5. The highest BCUT2D eigenvalue weighted by Crippen LogP contribution is 2.30. The molecule has 11 heteroatoms. The number of halogens is 1. The first-order chi connectivity index (χ1) is 13.3. The monoisotopic (exact) mass is 403 g/mol. The molecule has 5 N–H and O–H groups in total. The number of nitrogens with zero attached hydrogens (tertiary/aromatic N) is 1. The van der Waals surface area contributed by atoms with E-state index < -0.39 is 53.6 Å². The lowest BCUT2D eigenvalue weighted by atomic mass is 10.0. The van der Waals surface area contributed by atoms with E-state index >= 15 is 0 Å². The van der Waals surface area contributed by atoms with Crippen molar-refractivity contribution in [3.8, 4) is 0 Å². The average Bonchev–Trinajstić information content (AvgIpc) is 2.95. The summed E-state index contributed by atoms with van der Waals surface area (Å²) < 4.78 is 19.3. The molecular weight excluding hydrogens is 377 g/mol. The number of aromatic amines is 1. The van der Waals surface area contributed by atoms with Gasteiger partial charge in [-0.1, -0.05) is 32.6 Å². The van der Waals surface area contributed by atoms with Gasteiger partial charge in [-0.3, -0.25) is 19.1 Å². The van der Waals surface area contributed by atoms with Crippen LogP contribution in [0, 0.1) is 5.82 Å². The number of aromatic nitrogens is 2. The molecule has 0 saturated carbocycles. The van der Waals surface area contributed by atoms with Crippen LogP contribution in [-0.4, -0.2) is 61.7 Å². The average molecular weight is 403 g/mol. The van der Waals surface area contributed by atoms with Crippen LogP contribution in [0.4, 0.5) is 4.39 Å². The van der Waals surface area contributed by atoms with Gasteiger partial charge in [0.15, 0.2) is 12.3 Å². The van der Waals surface area contributed by atoms with Gasteiger partial charge in [0.25, 0.3) is 11.5 Å². The van der Waals surface area contributed by atoms with Crippen LogP contribution in [0.2, 0.25) is 0 Å². The van der Waals surface area contributed by atoms with Gasteiger partial charge in [0.05, 0.1) is 6.20 Å². The predicted octanol–water partition coefficient (Wildman–Crippen LogP) is -1.26. The van der Waals surface area contributed by atoms with Crippen molar-refractivity contribution in [1.29, 1.82) is 0 Å². The van der Waals surface area contributed by atoms with Crippen molar-refractivity contribution in [2.24, 2.45) is 0 Å². The van der Waals surface area contributed by atoms with E-state index in [0.29, 0.717) is 17.3 Å². The number of amides is 1. The summed E-state index contributed by atoms with van der Waals surface area (Å²) in [5.41, 5.74) is -2.32. The summed E-state index contributed by atoms with van der Waals surface area (Å²) in [6, 6.07) is 0. The van der Waals surface area contributed by atoms with Crippen molar-refractivity contribution in [1.82, 2.24) is 14.9 Å². The Kier molecular flexibility index (Phi) is 7.87. The highest BCUT2D eigenvalue weighted by molar-refractivity contribution is 5.81. The fourth-order valence-electron chi connectivity index (χ4n) is 3.02. The first kappa shape index (κ1) is 22.2. The lowest BCUT2D eigenvalue weighted by Gasteiger charge is -2.20. The third-order valence-corrected chi connectivity index (χ3v) is 4.63. The Morgan fingerprint density at radius 3 is 2.64 bits per heavy atom. The lowest BCUT2D eigenvalue weighted by Crippen LogP contribution is -2.47. The number of H-pyrrole nitrogens is 1. The Hall–Kier alpha value is -2.08. The molecule has 1 aromatic rings. The molecule has 0 radical (unpaired) electrons. The normalized spacial score (nSPS) is 25.6. The highest BCUT2D eigenvalue weighted by atomic mass is 19.1. The van der Waals surface area contributed by atoms with Crippen LogP contribution >= 0.6 is 0 Å². The molecule has 2 rings (SSSR count). The SMILES string of the molecule is CCCCCCCNC(=O)[C@H](O)[C@@H]1O[C@H](n2cc(F)c(=O)[nH]c2=O)[C@@H](O)[C@H]1O. The molecule has 158 valence electrons. The number of carbonyl (C=O) groups is 1. The van der Waals surface area contributed by atoms with E-state index in [0.717, 1.165) is 32.1 Å². The number of aliphatic hydroxyl groups is 3. The van der Waals surface area contributed by atoms with Gasteiger partial charge in [0.2, 0.25) is 5.82 Å². The second kappa shape index (κ2) is 9.92. The van der Waals surface area contributed by atoms with E-state index in [1.807, 2.05) is 0 Å². The number of unbranched alkanes of at least 4 members (excludes halogenated alkanes) is 4. The predicted molar refractivity (Wildman–Crippen MR) is 95.0 cm³/mol. The van der Waals surface area contributed by atoms with Gasteiger partial charge in [-0.2, -0.15) is 4.39 Å². The van der Waals surface area contributed by atoms with Crippen LogP contribution in [0.5, 0.6) is 0 Å². The molecule has 2 heterocycles. The second-order valence-corrected chi connectivity index (χ2v) is 6.77. The topological polar surface area (TPSA) is 154 Å². The first-order valence-electron chi connectivity index (χ1n) is 9.26. The standard InChI is InChI=1S/C17H26FN3O7/c1-2-3-4-5-6-7-19-15(26)12(24)13-10(22)11(23)16(28-13)21-8-9(18)14(25)20-17(21)27/h8,10-13,16,22-24H,2-7H2,1H3,(H,19,26)(H,20,25,27)/t10-,11+,12-,13-,16+/m1/s1. The molecule has 28 heavy (non-hydrogen) atoms. The molecule has 10 nitrogen and oxygen atoms in total. The zero-order chi connectivity index (χ0) is 20.8. The third kappa shape index (κ3) is 5.04. The minimum absolute atomic E-state index is 0.332. The molecule has 1 aliphatic rings. The minimum Gasteiger partial charge on any atom is -0.387 e. The summed E-state index contributed by atoms with van der Waals surface area (Å²) >= 11 is 0. The number of rotatable bonds is 9. The number of ether oxygens (including phenoxy) is 1. The van der Waals surface area contributed by atoms with Gasteiger partial charge >= 0.3 is 5.69 Å². The molecule has 0 unspecified atom stereocenters. The third-order valence-electron chi connectivity index (χ3n) is 4.63. The van der Waals surface area contributed by atoms with E-state index in [-0.39, 0.29) is 0 Å². The van der Waals surface area contributed by atoms with Crippen molar-refractivity contribution in [2.45, 2.75) is 69.7 Å². The smallest absolute Gasteiger partial charge is 0.330 e. The van der Waals surface area contributed by atoms with Crippen molar-refractivity contribution < 1.29 is 29.2 Å². The van der Waals surface area contributed by atoms with E-state index in [9.17, 15) is 34.1 Å². The molecular formula is C17H26FN3O7. The van der Waals surface area contributed by atoms with E-state index in [4.69, 9.17) is 4.74 Å². The molecule has 0 aromatic carbocycles. The van der Waals surface area contributed by atoms with Crippen molar-refractivity contribution in [3.05, 3.63) is 32.9 Å². The molecule has 0 spiro atoms. The van der Waals surface area contributed by atoms with Crippen molar-refractivity contribution in [2.75, 3.05) is 6.54 Å². The summed E-state index contributed by atoms with van der Waals surface area (Å²) in [4.78, 5) is 36.7. The largest absolute Gasteiger partial charge is 0.387 e. The van der Waals surface area contributed by atoms with Crippen LogP contribution in [0.3, 0.4) is 0 Å². The van der Waals surface area contributed by atoms with Crippen molar-refractivity contribution in [3.63, 3.8) is 0 Å². The van der Waals surface area contributed by atoms with Gasteiger partial charge in [0.1, 0.15) is 18.3 Å². The fourth-order valence-corrected chi connectivity index (χ4v) is 3.02. The highest BCUT2D eigenvalue weighted by Gasteiger charge is 2.49. The Bertz CT molecular complexity index is 781. The summed E-state index contributed by atoms with van der Waals surface area (Å²) in [6.07, 6.45) is -2.98. The molecule has 1 aliphatic heterocycles. The van der Waals surface area contributed by atoms with Gasteiger partial charge < -0.3 is 25.4 Å². The number of hydrogen-bond donors (Lipinski definition) is 5. The quantitative estimate of drug-likeness (QED) is 0.323. The Morgan fingerprint density at radius 2 is 1.96 bits per heavy atom. The number of hydrogen-bond acceptors (Lipinski definition) is 7. The van der Waals surface area contributed by atoms with Crippen LogP contribution in [0.25, 0.3) is 0 Å². The first-order valence-corrected chi connectivity index (χ1v) is 9.26. The maximum absolute atomic E-state index is 13.5. The fraction of sp³-hybridized carbons (Fsp3) is 0.706. The molecule has 1 aromatic heterocycles. The Balaban J connectivity index is 1.99. The van der Waals surface area contributed by atoms with E-state index in [1.54, 1.807) is 4.98 Å². The van der Waals surface area contributed by atoms with Gasteiger partial charge in [0, 0.05) is 6.54 Å². The molecule has 5 atom stereocenters. The van der Waals surface area contributed by atoms with Gasteiger partial charge in [-0.25, -0.2) is 4.79 Å². The van der Waals surface area contributed by atoms with Crippen LogP contribution in [0.1, 0.15) is 45.3 Å². The summed E-state index contributed by atoms with van der Waals surface area (Å²) in [5.74, 6) is -2.10. The van der Waals surface area contributed by atoms with E-state index in [2.05, 4.69) is 12.2 Å². The van der Waals surface area contributed by atoms with Crippen LogP contribution in [-0.2, 0) is 9.53 Å². The molecule has 0 aliphatic carbocycles. The lowest BCUT2D eigenvalue weighted by molar-refractivity contribution is -0.143. The Labute approximate surface area is 160 Å². The summed E-state index contributed by atoms with van der Waals surface area (Å²) in [6.45, 7) is 2.42. The molecule has 1 amide bonds. The van der Waals surface area contributed by atoms with Gasteiger partial charge in [-0.15, -0.1) is 0 Å². The zero-order valence-corrected chi connectivity index (χ0v) is 15.5. The maximum atomic E-state index is 13.5. The second-order valence-electron chi connectivity index (χ2n) is 6.77. The maximum Gasteiger partial charge on any atom is 0.330 e. The van der Waals surface area contributed by atoms with Gasteiger partial charge in [-0.05, 0) is 6.42 Å². The Morgan fingerprint density at radius 1 is 1.29 bits per heavy atom.